The van der Waals surface area contributed by atoms with Gasteiger partial charge in [-0.3, -0.25) is 4.79 Å². The van der Waals surface area contributed by atoms with Gasteiger partial charge in [0.2, 0.25) is 0 Å². The molecule has 3 aromatic rings. The van der Waals surface area contributed by atoms with E-state index in [0.29, 0.717) is 5.01 Å². The quantitative estimate of drug-likeness (QED) is 0.641. The van der Waals surface area contributed by atoms with Crippen LogP contribution in [0.4, 0.5) is 8.78 Å². The molecular formula is C15H14F2N6O2S. The number of hydrogen-bond donors (Lipinski definition) is 2. The number of carbonyl (C=O) groups excluding carboxylic acids is 1. The van der Waals surface area contributed by atoms with Gasteiger partial charge in [-0.25, -0.2) is 13.5 Å². The van der Waals surface area contributed by atoms with Gasteiger partial charge in [-0.05, 0) is 0 Å². The first-order valence-electron chi connectivity index (χ1n) is 7.52. The van der Waals surface area contributed by atoms with Crippen molar-refractivity contribution in [2.24, 2.45) is 0 Å². The van der Waals surface area contributed by atoms with Gasteiger partial charge >= 0.3 is 0 Å². The molecule has 136 valence electrons. The summed E-state index contributed by atoms with van der Waals surface area (Å²) in [5.74, 6) is -3.90. The first-order valence-corrected chi connectivity index (χ1v) is 8.33. The monoisotopic (exact) mass is 380 g/mol. The van der Waals surface area contributed by atoms with Gasteiger partial charge in [0.15, 0.2) is 5.69 Å². The fourth-order valence-electron chi connectivity index (χ4n) is 2.04. The molecule has 1 amide bonds. The molecule has 0 radical (unpaired) electrons. The molecule has 0 spiro atoms. The summed E-state index contributed by atoms with van der Waals surface area (Å²) >= 11 is 1.33. The SMILES string of the molecule is O=C(NCc1nnc(-c2ccccc2)s1)c1cn(CC(F)(F)CO)nn1. The number of hydrogen-bond acceptors (Lipinski definition) is 7. The van der Waals surface area contributed by atoms with Crippen molar-refractivity contribution in [3.63, 3.8) is 0 Å². The fraction of sp³-hybridized carbons (Fsp3) is 0.267. The average Bonchev–Trinajstić information content (AvgIpc) is 3.30. The average molecular weight is 380 g/mol. The second kappa shape index (κ2) is 7.62. The third-order valence-electron chi connectivity index (χ3n) is 3.28. The Morgan fingerprint density at radius 2 is 2.00 bits per heavy atom. The van der Waals surface area contributed by atoms with Crippen LogP contribution in [-0.2, 0) is 13.1 Å². The Bertz CT molecular complexity index is 883. The van der Waals surface area contributed by atoms with Gasteiger partial charge in [0.05, 0.1) is 12.7 Å². The zero-order chi connectivity index (χ0) is 18.6. The van der Waals surface area contributed by atoms with Crippen LogP contribution < -0.4 is 5.32 Å². The molecule has 3 rings (SSSR count). The number of aliphatic hydroxyl groups excluding tert-OH is 1. The molecule has 0 saturated heterocycles. The molecule has 0 aliphatic heterocycles. The van der Waals surface area contributed by atoms with E-state index in [0.717, 1.165) is 21.4 Å². The summed E-state index contributed by atoms with van der Waals surface area (Å²) in [6.07, 6.45) is 1.09. The molecule has 0 fully saturated rings. The van der Waals surface area contributed by atoms with Crippen LogP contribution in [0.3, 0.4) is 0 Å². The molecule has 0 aliphatic rings. The van der Waals surface area contributed by atoms with Crippen molar-refractivity contribution in [3.05, 3.63) is 47.2 Å². The topological polar surface area (TPSA) is 106 Å². The minimum atomic E-state index is -3.33. The Kier molecular flexibility index (Phi) is 5.28. The Morgan fingerprint density at radius 3 is 2.73 bits per heavy atom. The molecule has 8 nitrogen and oxygen atoms in total. The van der Waals surface area contributed by atoms with Crippen LogP contribution >= 0.6 is 11.3 Å². The number of nitrogens with zero attached hydrogens (tertiary/aromatic N) is 5. The lowest BCUT2D eigenvalue weighted by Crippen LogP contribution is -2.28. The number of halogens is 2. The van der Waals surface area contributed by atoms with E-state index in [1.807, 2.05) is 30.3 Å². The molecule has 1 aromatic carbocycles. The molecule has 2 N–H and O–H groups in total. The van der Waals surface area contributed by atoms with Gasteiger partial charge in [-0.2, -0.15) is 0 Å². The lowest BCUT2D eigenvalue weighted by atomic mass is 10.2. The Labute approximate surface area is 150 Å². The number of amides is 1. The van der Waals surface area contributed by atoms with Crippen LogP contribution in [0, 0.1) is 0 Å². The van der Waals surface area contributed by atoms with Crippen LogP contribution in [0.5, 0.6) is 0 Å². The predicted octanol–water partition coefficient (Wildman–Crippen LogP) is 1.35. The highest BCUT2D eigenvalue weighted by atomic mass is 32.1. The summed E-state index contributed by atoms with van der Waals surface area (Å²) in [6, 6.07) is 9.49. The Hall–Kier alpha value is -2.79. The number of nitrogens with one attached hydrogen (secondary N) is 1. The number of aromatic nitrogens is 5. The van der Waals surface area contributed by atoms with E-state index in [1.54, 1.807) is 0 Å². The first-order chi connectivity index (χ1) is 12.5. The van der Waals surface area contributed by atoms with Crippen LogP contribution in [0.15, 0.2) is 36.5 Å². The van der Waals surface area contributed by atoms with Crippen molar-refractivity contribution in [3.8, 4) is 10.6 Å². The number of benzene rings is 1. The summed E-state index contributed by atoms with van der Waals surface area (Å²) in [5.41, 5.74) is 0.821. The molecular weight excluding hydrogens is 366 g/mol. The third-order valence-corrected chi connectivity index (χ3v) is 4.26. The smallest absolute Gasteiger partial charge is 0.289 e. The van der Waals surface area contributed by atoms with Crippen LogP contribution in [-0.4, -0.2) is 48.7 Å². The van der Waals surface area contributed by atoms with Crippen molar-refractivity contribution in [1.82, 2.24) is 30.5 Å². The predicted molar refractivity (Wildman–Crippen MR) is 88.6 cm³/mol. The van der Waals surface area contributed by atoms with Crippen LogP contribution in [0.1, 0.15) is 15.5 Å². The summed E-state index contributed by atoms with van der Waals surface area (Å²) in [7, 11) is 0. The number of aliphatic hydroxyl groups is 1. The lowest BCUT2D eigenvalue weighted by molar-refractivity contribution is -0.0655. The Morgan fingerprint density at radius 1 is 1.23 bits per heavy atom. The number of carbonyl (C=O) groups is 1. The van der Waals surface area contributed by atoms with Gasteiger partial charge in [-0.15, -0.1) is 15.3 Å². The fourth-order valence-corrected chi connectivity index (χ4v) is 2.82. The minimum absolute atomic E-state index is 0.105. The zero-order valence-electron chi connectivity index (χ0n) is 13.3. The van der Waals surface area contributed by atoms with E-state index in [4.69, 9.17) is 5.11 Å². The molecule has 26 heavy (non-hydrogen) atoms. The molecule has 0 aliphatic carbocycles. The number of alkyl halides is 2. The summed E-state index contributed by atoms with van der Waals surface area (Å²) in [5, 5.41) is 27.6. The second-order valence-electron chi connectivity index (χ2n) is 5.37. The molecule has 0 saturated carbocycles. The summed E-state index contributed by atoms with van der Waals surface area (Å²) in [4.78, 5) is 12.0. The van der Waals surface area contributed by atoms with E-state index < -0.39 is 25.0 Å². The summed E-state index contributed by atoms with van der Waals surface area (Å²) < 4.78 is 27.0. The highest BCUT2D eigenvalue weighted by molar-refractivity contribution is 7.14. The van der Waals surface area contributed by atoms with Crippen LogP contribution in [0.25, 0.3) is 10.6 Å². The van der Waals surface area contributed by atoms with Crippen molar-refractivity contribution in [2.45, 2.75) is 19.0 Å². The largest absolute Gasteiger partial charge is 0.390 e. The van der Waals surface area contributed by atoms with Gasteiger partial charge in [0.1, 0.15) is 23.2 Å². The van der Waals surface area contributed by atoms with Crippen molar-refractivity contribution >= 4 is 17.2 Å². The molecule has 2 heterocycles. The standard InChI is InChI=1S/C15H14F2N6O2S/c16-15(17,9-24)8-23-7-11(19-22-23)13(25)18-6-12-20-21-14(26-12)10-4-2-1-3-5-10/h1-5,7,24H,6,8-9H2,(H,18,25). The third kappa shape index (κ3) is 4.43. The van der Waals surface area contributed by atoms with E-state index in [1.165, 1.54) is 11.3 Å². The minimum Gasteiger partial charge on any atom is -0.390 e. The lowest BCUT2D eigenvalue weighted by Gasteiger charge is -2.11. The van der Waals surface area contributed by atoms with E-state index in [9.17, 15) is 13.6 Å². The van der Waals surface area contributed by atoms with E-state index >= 15 is 0 Å². The molecule has 2 aromatic heterocycles. The van der Waals surface area contributed by atoms with Crippen molar-refractivity contribution < 1.29 is 18.7 Å². The maximum absolute atomic E-state index is 13.1. The van der Waals surface area contributed by atoms with Crippen molar-refractivity contribution in [2.75, 3.05) is 6.61 Å². The molecule has 0 bridgehead atoms. The first kappa shape index (κ1) is 18.0. The van der Waals surface area contributed by atoms with Crippen molar-refractivity contribution in [1.29, 1.82) is 0 Å². The van der Waals surface area contributed by atoms with Gasteiger partial charge in [0, 0.05) is 5.56 Å². The molecule has 0 atom stereocenters. The normalized spacial score (nSPS) is 11.5. The summed E-state index contributed by atoms with van der Waals surface area (Å²) in [6.45, 7) is -2.04. The van der Waals surface area contributed by atoms with E-state index in [2.05, 4.69) is 25.8 Å². The van der Waals surface area contributed by atoms with E-state index in [-0.39, 0.29) is 12.2 Å². The maximum atomic E-state index is 13.1. The van der Waals surface area contributed by atoms with Gasteiger partial charge in [-0.1, -0.05) is 46.9 Å². The highest BCUT2D eigenvalue weighted by Crippen LogP contribution is 2.22. The molecule has 11 heteroatoms. The second-order valence-corrected chi connectivity index (χ2v) is 6.43. The molecule has 0 unspecified atom stereocenters. The highest BCUT2D eigenvalue weighted by Gasteiger charge is 2.29. The van der Waals surface area contributed by atoms with Gasteiger partial charge in [0.25, 0.3) is 11.8 Å². The zero-order valence-corrected chi connectivity index (χ0v) is 14.2. The van der Waals surface area contributed by atoms with Crippen LogP contribution in [0.2, 0.25) is 0 Å². The maximum Gasteiger partial charge on any atom is 0.289 e. The van der Waals surface area contributed by atoms with Gasteiger partial charge < -0.3 is 10.4 Å². The number of rotatable bonds is 7. The Balaban J connectivity index is 1.58.